The molecular formula is C10H7Cl2N3O. The second-order valence-electron chi connectivity index (χ2n) is 3.06. The van der Waals surface area contributed by atoms with E-state index in [1.165, 1.54) is 17.3 Å². The van der Waals surface area contributed by atoms with E-state index in [0.717, 1.165) is 0 Å². The Labute approximate surface area is 102 Å². The highest BCUT2D eigenvalue weighted by Crippen LogP contribution is 2.20. The Balaban J connectivity index is 2.57. The summed E-state index contributed by atoms with van der Waals surface area (Å²) in [6.07, 6.45) is 2.88. The molecule has 1 aromatic heterocycles. The minimum atomic E-state index is -0.177. The molecule has 0 aliphatic rings. The minimum absolute atomic E-state index is 0.0800. The number of carbonyl (C=O) groups excluding carboxylic acids is 1. The van der Waals surface area contributed by atoms with Crippen LogP contribution < -0.4 is 0 Å². The molecule has 16 heavy (non-hydrogen) atoms. The maximum absolute atomic E-state index is 11.6. The van der Waals surface area contributed by atoms with E-state index < -0.39 is 0 Å². The molecule has 0 radical (unpaired) electrons. The van der Waals surface area contributed by atoms with E-state index in [0.29, 0.717) is 16.3 Å². The van der Waals surface area contributed by atoms with Crippen LogP contribution in [0.1, 0.15) is 10.4 Å². The summed E-state index contributed by atoms with van der Waals surface area (Å²) in [7, 11) is 0. The average Bonchev–Trinajstić information content (AvgIpc) is 2.81. The van der Waals surface area contributed by atoms with Crippen LogP contribution >= 0.6 is 23.2 Å². The second kappa shape index (κ2) is 4.63. The van der Waals surface area contributed by atoms with Crippen LogP contribution in [0.2, 0.25) is 5.02 Å². The summed E-state index contributed by atoms with van der Waals surface area (Å²) < 4.78 is 1.48. The lowest BCUT2D eigenvalue weighted by Crippen LogP contribution is -2.07. The highest BCUT2D eigenvalue weighted by molar-refractivity contribution is 6.32. The van der Waals surface area contributed by atoms with Gasteiger partial charge >= 0.3 is 0 Å². The van der Waals surface area contributed by atoms with Gasteiger partial charge in [-0.25, -0.2) is 9.67 Å². The van der Waals surface area contributed by atoms with Crippen molar-refractivity contribution in [3.05, 3.63) is 41.4 Å². The van der Waals surface area contributed by atoms with E-state index in [1.807, 2.05) is 0 Å². The third-order valence-electron chi connectivity index (χ3n) is 2.05. The fourth-order valence-electron chi connectivity index (χ4n) is 1.33. The third kappa shape index (κ3) is 2.08. The number of carbonyl (C=O) groups is 1. The van der Waals surface area contributed by atoms with Crippen molar-refractivity contribution in [1.29, 1.82) is 0 Å². The molecule has 0 unspecified atom stereocenters. The molecule has 0 fully saturated rings. The highest BCUT2D eigenvalue weighted by atomic mass is 35.5. The normalized spacial score (nSPS) is 10.4. The molecule has 0 saturated carbocycles. The molecule has 0 amide bonds. The first-order valence-electron chi connectivity index (χ1n) is 4.46. The monoisotopic (exact) mass is 255 g/mol. The van der Waals surface area contributed by atoms with E-state index in [-0.39, 0.29) is 11.7 Å². The molecular weight excluding hydrogens is 249 g/mol. The third-order valence-corrected chi connectivity index (χ3v) is 2.52. The van der Waals surface area contributed by atoms with Crippen molar-refractivity contribution in [2.75, 3.05) is 5.88 Å². The Morgan fingerprint density at radius 2 is 2.25 bits per heavy atom. The summed E-state index contributed by atoms with van der Waals surface area (Å²) in [5.74, 6) is -0.257. The number of rotatable bonds is 3. The fraction of sp³-hybridized carbons (Fsp3) is 0.100. The van der Waals surface area contributed by atoms with Crippen LogP contribution in [0.4, 0.5) is 0 Å². The van der Waals surface area contributed by atoms with Crippen LogP contribution in [0.15, 0.2) is 30.9 Å². The van der Waals surface area contributed by atoms with Crippen molar-refractivity contribution in [2.24, 2.45) is 0 Å². The molecule has 1 aromatic carbocycles. The van der Waals surface area contributed by atoms with Gasteiger partial charge in [0.05, 0.1) is 11.6 Å². The molecule has 0 aliphatic carbocycles. The maximum atomic E-state index is 11.6. The molecule has 0 spiro atoms. The highest BCUT2D eigenvalue weighted by Gasteiger charge is 2.12. The van der Waals surface area contributed by atoms with E-state index in [9.17, 15) is 4.79 Å². The Morgan fingerprint density at radius 3 is 2.88 bits per heavy atom. The lowest BCUT2D eigenvalue weighted by Gasteiger charge is -2.07. The standard InChI is InChI=1S/C10H7Cl2N3O/c11-4-10(16)8-2-1-7(12)3-9(8)15-6-13-5-14-15/h1-3,5-6H,4H2. The van der Waals surface area contributed by atoms with Crippen molar-refractivity contribution >= 4 is 29.0 Å². The summed E-state index contributed by atoms with van der Waals surface area (Å²) in [6, 6.07) is 4.92. The molecule has 2 aromatic rings. The number of Topliss-reactive ketones (excluding diaryl/α,β-unsaturated/α-hetero) is 1. The van der Waals surface area contributed by atoms with Crippen LogP contribution in [0.3, 0.4) is 0 Å². The molecule has 82 valence electrons. The van der Waals surface area contributed by atoms with Gasteiger partial charge in [-0.1, -0.05) is 11.6 Å². The summed E-state index contributed by atoms with van der Waals surface area (Å²) >= 11 is 11.4. The largest absolute Gasteiger partial charge is 0.293 e. The maximum Gasteiger partial charge on any atom is 0.179 e. The molecule has 0 N–H and O–H groups in total. The summed E-state index contributed by atoms with van der Waals surface area (Å²) in [4.78, 5) is 15.4. The number of hydrogen-bond acceptors (Lipinski definition) is 3. The predicted molar refractivity (Wildman–Crippen MR) is 61.4 cm³/mol. The van der Waals surface area contributed by atoms with E-state index in [1.54, 1.807) is 18.2 Å². The van der Waals surface area contributed by atoms with Crippen LogP contribution in [0.5, 0.6) is 0 Å². The lowest BCUT2D eigenvalue weighted by atomic mass is 10.1. The number of hydrogen-bond donors (Lipinski definition) is 0. The molecule has 0 atom stereocenters. The van der Waals surface area contributed by atoms with Crippen LogP contribution in [-0.2, 0) is 0 Å². The van der Waals surface area contributed by atoms with Gasteiger partial charge in [0, 0.05) is 10.6 Å². The van der Waals surface area contributed by atoms with Crippen LogP contribution in [0.25, 0.3) is 5.69 Å². The molecule has 4 nitrogen and oxygen atoms in total. The molecule has 0 bridgehead atoms. The Bertz CT molecular complexity index is 511. The quantitative estimate of drug-likeness (QED) is 0.625. The summed E-state index contributed by atoms with van der Waals surface area (Å²) in [5.41, 5.74) is 1.06. The summed E-state index contributed by atoms with van der Waals surface area (Å²) in [6.45, 7) is 0. The van der Waals surface area contributed by atoms with Gasteiger partial charge in [0.25, 0.3) is 0 Å². The molecule has 0 aliphatic heterocycles. The van der Waals surface area contributed by atoms with Crippen LogP contribution in [-0.4, -0.2) is 26.4 Å². The zero-order valence-corrected chi connectivity index (χ0v) is 9.61. The van der Waals surface area contributed by atoms with E-state index in [2.05, 4.69) is 10.1 Å². The van der Waals surface area contributed by atoms with Gasteiger partial charge in [0.15, 0.2) is 5.78 Å². The van der Waals surface area contributed by atoms with Gasteiger partial charge in [0.2, 0.25) is 0 Å². The number of ketones is 1. The number of halogens is 2. The van der Waals surface area contributed by atoms with Crippen molar-refractivity contribution in [3.63, 3.8) is 0 Å². The second-order valence-corrected chi connectivity index (χ2v) is 3.76. The first-order valence-corrected chi connectivity index (χ1v) is 5.37. The first kappa shape index (κ1) is 11.1. The molecule has 1 heterocycles. The van der Waals surface area contributed by atoms with Crippen LogP contribution in [0, 0.1) is 0 Å². The van der Waals surface area contributed by atoms with E-state index in [4.69, 9.17) is 23.2 Å². The van der Waals surface area contributed by atoms with Crippen molar-refractivity contribution in [1.82, 2.24) is 14.8 Å². The van der Waals surface area contributed by atoms with Crippen molar-refractivity contribution in [2.45, 2.75) is 0 Å². The van der Waals surface area contributed by atoms with Gasteiger partial charge in [-0.05, 0) is 18.2 Å². The van der Waals surface area contributed by atoms with Gasteiger partial charge in [-0.2, -0.15) is 5.10 Å². The Kier molecular flexibility index (Phi) is 3.22. The molecule has 0 saturated heterocycles. The van der Waals surface area contributed by atoms with Crippen molar-refractivity contribution in [3.8, 4) is 5.69 Å². The number of alkyl halides is 1. The SMILES string of the molecule is O=C(CCl)c1ccc(Cl)cc1-n1cncn1. The Morgan fingerprint density at radius 1 is 1.44 bits per heavy atom. The minimum Gasteiger partial charge on any atom is -0.293 e. The van der Waals surface area contributed by atoms with Gasteiger partial charge < -0.3 is 0 Å². The number of benzene rings is 1. The smallest absolute Gasteiger partial charge is 0.179 e. The number of aromatic nitrogens is 3. The van der Waals surface area contributed by atoms with Crippen molar-refractivity contribution < 1.29 is 4.79 Å². The van der Waals surface area contributed by atoms with Gasteiger partial charge in [-0.3, -0.25) is 4.79 Å². The number of nitrogens with zero attached hydrogens (tertiary/aromatic N) is 3. The first-order chi connectivity index (χ1) is 7.72. The molecule has 2 rings (SSSR count). The zero-order chi connectivity index (χ0) is 11.5. The predicted octanol–water partition coefficient (Wildman–Crippen LogP) is 2.34. The topological polar surface area (TPSA) is 47.8 Å². The van der Waals surface area contributed by atoms with Gasteiger partial charge in [-0.15, -0.1) is 11.6 Å². The Hall–Kier alpha value is -1.39. The van der Waals surface area contributed by atoms with E-state index >= 15 is 0 Å². The van der Waals surface area contributed by atoms with Gasteiger partial charge in [0.1, 0.15) is 12.7 Å². The zero-order valence-electron chi connectivity index (χ0n) is 8.10. The lowest BCUT2D eigenvalue weighted by molar-refractivity contribution is 0.102. The summed E-state index contributed by atoms with van der Waals surface area (Å²) in [5, 5.41) is 4.48. The average molecular weight is 256 g/mol. The fourth-order valence-corrected chi connectivity index (χ4v) is 1.65. The molecule has 6 heteroatoms.